The number of amides is 1. The highest BCUT2D eigenvalue weighted by Gasteiger charge is 2.19. The van der Waals surface area contributed by atoms with Crippen molar-refractivity contribution in [1.29, 1.82) is 0 Å². The van der Waals surface area contributed by atoms with E-state index in [4.69, 9.17) is 9.57 Å². The summed E-state index contributed by atoms with van der Waals surface area (Å²) < 4.78 is 5.90. The van der Waals surface area contributed by atoms with E-state index in [9.17, 15) is 4.79 Å². The van der Waals surface area contributed by atoms with Gasteiger partial charge in [-0.15, -0.1) is 0 Å². The van der Waals surface area contributed by atoms with Gasteiger partial charge in [0.05, 0.1) is 11.3 Å². The van der Waals surface area contributed by atoms with Crippen LogP contribution in [0.2, 0.25) is 0 Å². The summed E-state index contributed by atoms with van der Waals surface area (Å²) in [5.41, 5.74) is 1.44. The van der Waals surface area contributed by atoms with Crippen LogP contribution < -0.4 is 9.64 Å². The fraction of sp³-hybridized carbons (Fsp3) is 0.263. The number of benzene rings is 2. The molecule has 0 N–H and O–H groups in total. The molecule has 0 fully saturated rings. The van der Waals surface area contributed by atoms with Crippen LogP contribution in [0.1, 0.15) is 26.3 Å². The van der Waals surface area contributed by atoms with Crippen molar-refractivity contribution in [2.45, 2.75) is 20.8 Å². The van der Waals surface area contributed by atoms with Gasteiger partial charge in [-0.3, -0.25) is 4.79 Å². The predicted octanol–water partition coefficient (Wildman–Crippen LogP) is 3.84. The summed E-state index contributed by atoms with van der Waals surface area (Å²) in [6.07, 6.45) is 0. The van der Waals surface area contributed by atoms with Crippen molar-refractivity contribution in [1.82, 2.24) is 0 Å². The molecule has 2 rings (SSSR count). The lowest BCUT2D eigenvalue weighted by Crippen LogP contribution is -2.30. The lowest BCUT2D eigenvalue weighted by molar-refractivity contribution is -0.116. The van der Waals surface area contributed by atoms with Gasteiger partial charge in [-0.05, 0) is 43.3 Å². The number of rotatable bonds is 6. The van der Waals surface area contributed by atoms with Crippen LogP contribution in [0.4, 0.5) is 5.69 Å². The van der Waals surface area contributed by atoms with Crippen molar-refractivity contribution in [3.63, 3.8) is 0 Å². The van der Waals surface area contributed by atoms with Gasteiger partial charge in [-0.25, -0.2) is 0 Å². The average molecular weight is 326 g/mol. The van der Waals surface area contributed by atoms with Crippen molar-refractivity contribution in [3.05, 3.63) is 60.2 Å². The minimum Gasteiger partial charge on any atom is -0.436 e. The maximum Gasteiger partial charge on any atom is 0.265 e. The van der Waals surface area contributed by atoms with E-state index in [2.05, 4.69) is 5.16 Å². The normalized spacial score (nSPS) is 11.0. The first-order valence-electron chi connectivity index (χ1n) is 7.97. The van der Waals surface area contributed by atoms with Crippen molar-refractivity contribution >= 4 is 17.5 Å². The maximum atomic E-state index is 11.9. The highest BCUT2D eigenvalue weighted by Crippen LogP contribution is 2.23. The first kappa shape index (κ1) is 17.5. The number of nitrogens with zero attached hydrogens (tertiary/aromatic N) is 2. The molecule has 1 amide bonds. The van der Waals surface area contributed by atoms with Gasteiger partial charge in [0.1, 0.15) is 12.4 Å². The molecule has 5 heteroatoms. The van der Waals surface area contributed by atoms with Gasteiger partial charge in [0.15, 0.2) is 0 Å². The topological polar surface area (TPSA) is 51.1 Å². The first-order chi connectivity index (χ1) is 11.7. The van der Waals surface area contributed by atoms with Crippen molar-refractivity contribution in [2.75, 3.05) is 18.1 Å². The molecule has 0 saturated carbocycles. The van der Waals surface area contributed by atoms with Gasteiger partial charge in [0.2, 0.25) is 5.91 Å². The molecule has 0 bridgehead atoms. The second kappa shape index (κ2) is 8.72. The summed E-state index contributed by atoms with van der Waals surface area (Å²) in [6.45, 7) is 6.30. The molecule has 2 aromatic rings. The number of hydrogen-bond acceptors (Lipinski definition) is 4. The Kier molecular flexibility index (Phi) is 6.37. The average Bonchev–Trinajstić information content (AvgIpc) is 2.60. The van der Waals surface area contributed by atoms with Crippen LogP contribution in [0, 0.1) is 0 Å². The molecule has 0 radical (unpaired) electrons. The highest BCUT2D eigenvalue weighted by molar-refractivity contribution is 6.04. The molecule has 0 aliphatic heterocycles. The number of oxime groups is 1. The molecule has 5 nitrogen and oxygen atoms in total. The molecule has 0 unspecified atom stereocenters. The second-order valence-electron chi connectivity index (χ2n) is 5.01. The summed E-state index contributed by atoms with van der Waals surface area (Å²) in [4.78, 5) is 18.8. The van der Waals surface area contributed by atoms with Crippen LogP contribution in [0.3, 0.4) is 0 Å². The zero-order chi connectivity index (χ0) is 17.4. The minimum absolute atomic E-state index is 0.0413. The molecule has 24 heavy (non-hydrogen) atoms. The number of para-hydroxylation sites is 2. The highest BCUT2D eigenvalue weighted by atomic mass is 16.6. The summed E-state index contributed by atoms with van der Waals surface area (Å²) in [5.74, 6) is 0.926. The Morgan fingerprint density at radius 3 is 2.33 bits per heavy atom. The van der Waals surface area contributed by atoms with Gasteiger partial charge < -0.3 is 14.5 Å². The Morgan fingerprint density at radius 1 is 1.04 bits per heavy atom. The monoisotopic (exact) mass is 326 g/mol. The number of ether oxygens (including phenoxy) is 1. The van der Waals surface area contributed by atoms with Crippen LogP contribution in [0.25, 0.3) is 0 Å². The fourth-order valence-corrected chi connectivity index (χ4v) is 2.30. The molecule has 0 aliphatic rings. The smallest absolute Gasteiger partial charge is 0.265 e. The predicted molar refractivity (Wildman–Crippen MR) is 95.4 cm³/mol. The molecule has 0 aromatic heterocycles. The third-order valence-corrected chi connectivity index (χ3v) is 3.36. The van der Waals surface area contributed by atoms with Crippen molar-refractivity contribution in [2.24, 2.45) is 5.16 Å². The van der Waals surface area contributed by atoms with Crippen LogP contribution in [0.5, 0.6) is 5.75 Å². The third-order valence-electron chi connectivity index (χ3n) is 3.36. The Morgan fingerprint density at radius 2 is 1.71 bits per heavy atom. The van der Waals surface area contributed by atoms with E-state index >= 15 is 0 Å². The van der Waals surface area contributed by atoms with E-state index in [0.29, 0.717) is 30.4 Å². The Balaban J connectivity index is 2.45. The quantitative estimate of drug-likeness (QED) is 0.460. The van der Waals surface area contributed by atoms with E-state index in [1.165, 1.54) is 6.92 Å². The number of carbonyl (C=O) groups is 1. The lowest BCUT2D eigenvalue weighted by Gasteiger charge is -2.22. The first-order valence-corrected chi connectivity index (χ1v) is 7.97. The Hall–Kier alpha value is -2.82. The largest absolute Gasteiger partial charge is 0.436 e. The number of hydrogen-bond donors (Lipinski definition) is 0. The van der Waals surface area contributed by atoms with Crippen LogP contribution in [-0.4, -0.2) is 25.0 Å². The number of anilines is 1. The Labute approximate surface area is 142 Å². The molecule has 0 spiro atoms. The zero-order valence-electron chi connectivity index (χ0n) is 14.2. The molecular weight excluding hydrogens is 304 g/mol. The van der Waals surface area contributed by atoms with Crippen LogP contribution in [-0.2, 0) is 9.63 Å². The summed E-state index contributed by atoms with van der Waals surface area (Å²) in [7, 11) is 0. The van der Waals surface area contributed by atoms with E-state index < -0.39 is 0 Å². The zero-order valence-corrected chi connectivity index (χ0v) is 14.2. The number of carbonyl (C=O) groups excluding carboxylic acids is 1. The molecule has 2 aromatic carbocycles. The molecule has 0 atom stereocenters. The molecule has 0 aliphatic carbocycles. The van der Waals surface area contributed by atoms with Gasteiger partial charge >= 0.3 is 0 Å². The fourth-order valence-electron chi connectivity index (χ4n) is 2.30. The SMILES string of the molecule is CCON=C(Oc1ccccc1)c1ccccc1N(CC)C(C)=O. The van der Waals surface area contributed by atoms with Gasteiger partial charge in [-0.1, -0.05) is 30.3 Å². The maximum absolute atomic E-state index is 11.9. The molecule has 126 valence electrons. The van der Waals surface area contributed by atoms with E-state index in [1.54, 1.807) is 4.90 Å². The Bertz CT molecular complexity index is 699. The summed E-state index contributed by atoms with van der Waals surface area (Å²) >= 11 is 0. The molecular formula is C19H22N2O3. The van der Waals surface area contributed by atoms with Gasteiger partial charge in [0.25, 0.3) is 5.90 Å². The lowest BCUT2D eigenvalue weighted by atomic mass is 10.1. The summed E-state index contributed by atoms with van der Waals surface area (Å²) in [6, 6.07) is 16.8. The standard InChI is InChI=1S/C19H22N2O3/c1-4-21(15(3)22)18-14-10-9-13-17(18)19(20-23-5-2)24-16-11-7-6-8-12-16/h6-14H,4-5H2,1-3H3. The van der Waals surface area contributed by atoms with E-state index in [1.807, 2.05) is 68.4 Å². The minimum atomic E-state index is -0.0413. The second-order valence-corrected chi connectivity index (χ2v) is 5.01. The molecule has 0 heterocycles. The third kappa shape index (κ3) is 4.35. The van der Waals surface area contributed by atoms with Crippen molar-refractivity contribution < 1.29 is 14.4 Å². The van der Waals surface area contributed by atoms with Gasteiger partial charge in [-0.2, -0.15) is 0 Å². The summed E-state index contributed by atoms with van der Waals surface area (Å²) in [5, 5.41) is 4.10. The van der Waals surface area contributed by atoms with Gasteiger partial charge in [0, 0.05) is 13.5 Å². The van der Waals surface area contributed by atoms with Crippen LogP contribution in [0.15, 0.2) is 59.8 Å². The van der Waals surface area contributed by atoms with E-state index in [-0.39, 0.29) is 5.91 Å². The van der Waals surface area contributed by atoms with Crippen LogP contribution >= 0.6 is 0 Å². The van der Waals surface area contributed by atoms with Crippen molar-refractivity contribution in [3.8, 4) is 5.75 Å². The van der Waals surface area contributed by atoms with E-state index in [0.717, 1.165) is 5.69 Å². The molecule has 0 saturated heterocycles.